The van der Waals surface area contributed by atoms with Crippen LogP contribution in [0, 0.1) is 6.92 Å². The third kappa shape index (κ3) is 3.40. The number of nitrogens with zero attached hydrogens (tertiary/aromatic N) is 2. The summed E-state index contributed by atoms with van der Waals surface area (Å²) in [7, 11) is 1.43. The molecule has 2 aromatic carbocycles. The molecule has 1 aliphatic heterocycles. The highest BCUT2D eigenvalue weighted by molar-refractivity contribution is 6.05. The molecular weight excluding hydrogens is 361 g/mol. The predicted octanol–water partition coefficient (Wildman–Crippen LogP) is 3.50. The van der Waals surface area contributed by atoms with E-state index in [2.05, 4.69) is 5.10 Å². The lowest BCUT2D eigenvalue weighted by Crippen LogP contribution is -2.56. The molecule has 0 fully saturated rings. The molecule has 5 nitrogen and oxygen atoms in total. The van der Waals surface area contributed by atoms with Crippen LogP contribution in [-0.2, 0) is 0 Å². The van der Waals surface area contributed by atoms with Crippen molar-refractivity contribution in [3.8, 4) is 5.75 Å². The van der Waals surface area contributed by atoms with E-state index in [1.54, 1.807) is 24.3 Å². The van der Waals surface area contributed by atoms with Gasteiger partial charge in [-0.1, -0.05) is 29.8 Å². The van der Waals surface area contributed by atoms with Crippen LogP contribution in [0.15, 0.2) is 53.6 Å². The summed E-state index contributed by atoms with van der Waals surface area (Å²) >= 11 is 0. The molecule has 0 radical (unpaired) electrons. The Balaban J connectivity index is 2.01. The van der Waals surface area contributed by atoms with Gasteiger partial charge in [0.05, 0.1) is 19.2 Å². The number of aliphatic hydroxyl groups is 1. The van der Waals surface area contributed by atoms with E-state index in [1.165, 1.54) is 31.4 Å². The van der Waals surface area contributed by atoms with Gasteiger partial charge in [0.25, 0.3) is 11.6 Å². The van der Waals surface area contributed by atoms with Gasteiger partial charge in [0.2, 0.25) is 0 Å². The quantitative estimate of drug-likeness (QED) is 0.889. The number of aryl methyl sites for hydroxylation is 1. The highest BCUT2D eigenvalue weighted by atomic mass is 19.4. The highest BCUT2D eigenvalue weighted by Gasteiger charge is 2.63. The smallest absolute Gasteiger partial charge is 0.438 e. The van der Waals surface area contributed by atoms with Crippen molar-refractivity contribution in [3.05, 3.63) is 65.2 Å². The molecule has 27 heavy (non-hydrogen) atoms. The maximum atomic E-state index is 13.6. The van der Waals surface area contributed by atoms with Gasteiger partial charge < -0.3 is 9.84 Å². The van der Waals surface area contributed by atoms with Gasteiger partial charge in [-0.3, -0.25) is 4.79 Å². The SMILES string of the molecule is COc1ccc(C(=O)N2N=C(c3ccc(C)cc3)C[C@]2(O)C(F)(F)F)cc1. The summed E-state index contributed by atoms with van der Waals surface area (Å²) in [6.45, 7) is 1.84. The molecule has 0 aliphatic carbocycles. The molecule has 3 rings (SSSR count). The predicted molar refractivity (Wildman–Crippen MR) is 92.5 cm³/mol. The standard InChI is InChI=1S/C19H17F3N2O3/c1-12-3-5-13(6-4-12)16-11-18(26,19(20,21)22)24(23-16)17(25)14-7-9-15(27-2)10-8-14/h3-10,26H,11H2,1-2H3/t18-/m0/s1. The van der Waals surface area contributed by atoms with Gasteiger partial charge in [-0.15, -0.1) is 0 Å². The molecule has 2 aromatic rings. The number of hydrogen-bond donors (Lipinski definition) is 1. The Morgan fingerprint density at radius 2 is 1.74 bits per heavy atom. The lowest BCUT2D eigenvalue weighted by atomic mass is 10.00. The molecule has 0 spiro atoms. The minimum Gasteiger partial charge on any atom is -0.497 e. The van der Waals surface area contributed by atoms with Gasteiger partial charge in [0.15, 0.2) is 0 Å². The van der Waals surface area contributed by atoms with Gasteiger partial charge in [-0.05, 0) is 36.8 Å². The van der Waals surface area contributed by atoms with E-state index in [0.717, 1.165) is 5.56 Å². The van der Waals surface area contributed by atoms with Crippen molar-refractivity contribution >= 4 is 11.6 Å². The fourth-order valence-corrected chi connectivity index (χ4v) is 2.74. The van der Waals surface area contributed by atoms with Crippen molar-refractivity contribution in [2.45, 2.75) is 25.2 Å². The van der Waals surface area contributed by atoms with Crippen LogP contribution < -0.4 is 4.74 Å². The van der Waals surface area contributed by atoms with Crippen LogP contribution in [0.3, 0.4) is 0 Å². The Morgan fingerprint density at radius 3 is 2.26 bits per heavy atom. The number of methoxy groups -OCH3 is 1. The number of carbonyl (C=O) groups excluding carboxylic acids is 1. The van der Waals surface area contributed by atoms with Crippen molar-refractivity contribution in [1.82, 2.24) is 5.01 Å². The highest BCUT2D eigenvalue weighted by Crippen LogP contribution is 2.42. The minimum atomic E-state index is -5.08. The largest absolute Gasteiger partial charge is 0.497 e. The van der Waals surface area contributed by atoms with Crippen LogP contribution in [0.5, 0.6) is 5.75 Å². The molecule has 0 saturated carbocycles. The average molecular weight is 378 g/mol. The van der Waals surface area contributed by atoms with Gasteiger partial charge in [0, 0.05) is 5.56 Å². The zero-order chi connectivity index (χ0) is 19.8. The first kappa shape index (κ1) is 18.9. The van der Waals surface area contributed by atoms with E-state index in [-0.39, 0.29) is 16.3 Å². The number of hydrogen-bond acceptors (Lipinski definition) is 4. The van der Waals surface area contributed by atoms with E-state index in [9.17, 15) is 23.1 Å². The average Bonchev–Trinajstić information content (AvgIpc) is 3.00. The normalized spacial score (nSPS) is 19.8. The van der Waals surface area contributed by atoms with E-state index < -0.39 is 24.2 Å². The summed E-state index contributed by atoms with van der Waals surface area (Å²) in [4.78, 5) is 12.7. The van der Waals surface area contributed by atoms with Crippen LogP contribution in [0.25, 0.3) is 0 Å². The van der Waals surface area contributed by atoms with E-state index >= 15 is 0 Å². The molecule has 1 heterocycles. The molecule has 142 valence electrons. The number of benzene rings is 2. The first-order chi connectivity index (χ1) is 12.7. The number of hydrazone groups is 1. The summed E-state index contributed by atoms with van der Waals surface area (Å²) in [5, 5.41) is 14.3. The Labute approximate surface area is 153 Å². The second-order valence-corrected chi connectivity index (χ2v) is 6.25. The molecule has 1 N–H and O–H groups in total. The fraction of sp³-hybridized carbons (Fsp3) is 0.263. The van der Waals surface area contributed by atoms with E-state index in [4.69, 9.17) is 4.74 Å². The van der Waals surface area contributed by atoms with Crippen LogP contribution in [0.1, 0.15) is 27.9 Å². The summed E-state index contributed by atoms with van der Waals surface area (Å²) < 4.78 is 45.8. The third-order valence-electron chi connectivity index (χ3n) is 4.35. The molecule has 1 aliphatic rings. The summed E-state index contributed by atoms with van der Waals surface area (Å²) in [6, 6.07) is 12.2. The maximum absolute atomic E-state index is 13.6. The van der Waals surface area contributed by atoms with E-state index in [1.807, 2.05) is 6.92 Å². The summed E-state index contributed by atoms with van der Waals surface area (Å²) in [6.07, 6.45) is -5.92. The molecule has 1 atom stereocenters. The lowest BCUT2D eigenvalue weighted by molar-refractivity contribution is -0.297. The fourth-order valence-electron chi connectivity index (χ4n) is 2.74. The van der Waals surface area contributed by atoms with Crippen molar-refractivity contribution in [1.29, 1.82) is 0 Å². The first-order valence-corrected chi connectivity index (χ1v) is 8.08. The molecule has 0 unspecified atom stereocenters. The number of amides is 1. The van der Waals surface area contributed by atoms with Crippen LogP contribution in [-0.4, -0.2) is 40.7 Å². The molecule has 0 bridgehead atoms. The number of ether oxygens (including phenoxy) is 1. The van der Waals surface area contributed by atoms with Gasteiger partial charge >= 0.3 is 6.18 Å². The van der Waals surface area contributed by atoms with Gasteiger partial charge in [0.1, 0.15) is 5.75 Å². The Bertz CT molecular complexity index is 877. The van der Waals surface area contributed by atoms with Crippen molar-refractivity contribution in [2.75, 3.05) is 7.11 Å². The lowest BCUT2D eigenvalue weighted by Gasteiger charge is -2.32. The number of halogens is 3. The summed E-state index contributed by atoms with van der Waals surface area (Å²) in [5.41, 5.74) is -2.14. The minimum absolute atomic E-state index is 0.0170. The molecular formula is C19H17F3N2O3. The van der Waals surface area contributed by atoms with Crippen molar-refractivity contribution in [2.24, 2.45) is 5.10 Å². The van der Waals surface area contributed by atoms with Crippen LogP contribution in [0.4, 0.5) is 13.2 Å². The number of alkyl halides is 3. The molecule has 0 aromatic heterocycles. The van der Waals surface area contributed by atoms with E-state index in [0.29, 0.717) is 11.3 Å². The topological polar surface area (TPSA) is 62.1 Å². The zero-order valence-corrected chi connectivity index (χ0v) is 14.6. The van der Waals surface area contributed by atoms with Crippen molar-refractivity contribution in [3.63, 3.8) is 0 Å². The van der Waals surface area contributed by atoms with Gasteiger partial charge in [-0.25, -0.2) is 0 Å². The molecule has 8 heteroatoms. The monoisotopic (exact) mass is 378 g/mol. The summed E-state index contributed by atoms with van der Waals surface area (Å²) in [5.74, 6) is -0.609. The van der Waals surface area contributed by atoms with Crippen molar-refractivity contribution < 1.29 is 27.8 Å². The second kappa shape index (κ2) is 6.70. The zero-order valence-electron chi connectivity index (χ0n) is 14.6. The maximum Gasteiger partial charge on any atom is 0.438 e. The number of carbonyl (C=O) groups is 1. The Morgan fingerprint density at radius 1 is 1.15 bits per heavy atom. The van der Waals surface area contributed by atoms with Crippen LogP contribution in [0.2, 0.25) is 0 Å². The number of rotatable bonds is 3. The third-order valence-corrected chi connectivity index (χ3v) is 4.35. The first-order valence-electron chi connectivity index (χ1n) is 8.08. The van der Waals surface area contributed by atoms with Crippen LogP contribution >= 0.6 is 0 Å². The molecule has 0 saturated heterocycles. The second-order valence-electron chi connectivity index (χ2n) is 6.25. The Hall–Kier alpha value is -2.87. The van der Waals surface area contributed by atoms with Gasteiger partial charge in [-0.2, -0.15) is 23.3 Å². The molecule has 1 amide bonds. The Kier molecular flexibility index (Phi) is 4.69.